The Kier molecular flexibility index (Phi) is 4.01. The van der Waals surface area contributed by atoms with E-state index in [4.69, 9.17) is 9.47 Å². The van der Waals surface area contributed by atoms with Crippen LogP contribution in [0.25, 0.3) is 0 Å². The van der Waals surface area contributed by atoms with Crippen LogP contribution in [0, 0.1) is 0 Å². The summed E-state index contributed by atoms with van der Waals surface area (Å²) in [4.78, 5) is 10.5. The molecule has 1 aliphatic rings. The Bertz CT molecular complexity index is 160. The molecule has 0 spiro atoms. The highest BCUT2D eigenvalue weighted by atomic mass is 79.9. The monoisotopic (exact) mass is 236 g/mol. The van der Waals surface area contributed by atoms with E-state index in [1.165, 1.54) is 6.92 Å². The summed E-state index contributed by atoms with van der Waals surface area (Å²) in [5.74, 6) is -0.235. The number of halogens is 1. The van der Waals surface area contributed by atoms with Crippen LogP contribution in [0.4, 0.5) is 0 Å². The minimum absolute atomic E-state index is 0.108. The third kappa shape index (κ3) is 3.11. The van der Waals surface area contributed by atoms with Crippen LogP contribution < -0.4 is 0 Å². The van der Waals surface area contributed by atoms with Gasteiger partial charge < -0.3 is 9.47 Å². The summed E-state index contributed by atoms with van der Waals surface area (Å²) >= 11 is 3.35. The Morgan fingerprint density at radius 1 is 1.58 bits per heavy atom. The zero-order chi connectivity index (χ0) is 8.97. The Morgan fingerprint density at radius 3 is 2.75 bits per heavy atom. The van der Waals surface area contributed by atoms with Crippen LogP contribution in [-0.2, 0) is 14.3 Å². The summed E-state index contributed by atoms with van der Waals surface area (Å²) in [6.07, 6.45) is 2.45. The molecule has 12 heavy (non-hydrogen) atoms. The summed E-state index contributed by atoms with van der Waals surface area (Å²) in [5.41, 5.74) is 0. The number of hydrogen-bond acceptors (Lipinski definition) is 3. The van der Waals surface area contributed by atoms with Crippen molar-refractivity contribution in [3.8, 4) is 0 Å². The summed E-state index contributed by atoms with van der Waals surface area (Å²) in [6.45, 7) is 1.82. The van der Waals surface area contributed by atoms with Gasteiger partial charge in [-0.1, -0.05) is 15.9 Å². The Morgan fingerprint density at radius 2 is 2.25 bits per heavy atom. The number of rotatable bonds is 3. The summed E-state index contributed by atoms with van der Waals surface area (Å²) in [7, 11) is 0. The van der Waals surface area contributed by atoms with Crippen LogP contribution in [0.15, 0.2) is 0 Å². The van der Waals surface area contributed by atoms with E-state index in [-0.39, 0.29) is 12.1 Å². The van der Waals surface area contributed by atoms with Crippen molar-refractivity contribution >= 4 is 21.9 Å². The molecule has 3 nitrogen and oxygen atoms in total. The lowest BCUT2D eigenvalue weighted by molar-refractivity contribution is -0.144. The molecule has 0 aromatic heterocycles. The first-order chi connectivity index (χ1) is 5.72. The van der Waals surface area contributed by atoms with Gasteiger partial charge in [-0.25, -0.2) is 0 Å². The van der Waals surface area contributed by atoms with Gasteiger partial charge in [0.25, 0.3) is 0 Å². The molecule has 0 N–H and O–H groups in total. The molecule has 0 bridgehead atoms. The molecule has 2 unspecified atom stereocenters. The first kappa shape index (κ1) is 9.99. The largest absolute Gasteiger partial charge is 0.463 e. The normalized spacial score (nSPS) is 28.8. The maximum Gasteiger partial charge on any atom is 0.302 e. The Hall–Kier alpha value is -0.0900. The molecular weight excluding hydrogens is 224 g/mol. The lowest BCUT2D eigenvalue weighted by Crippen LogP contribution is -2.18. The molecule has 1 saturated heterocycles. The van der Waals surface area contributed by atoms with Crippen molar-refractivity contribution in [3.05, 3.63) is 0 Å². The van der Waals surface area contributed by atoms with E-state index in [0.29, 0.717) is 12.7 Å². The summed E-state index contributed by atoms with van der Waals surface area (Å²) < 4.78 is 10.4. The maximum absolute atomic E-state index is 10.5. The van der Waals surface area contributed by atoms with Crippen LogP contribution >= 0.6 is 15.9 Å². The second-order valence-electron chi connectivity index (χ2n) is 2.91. The quantitative estimate of drug-likeness (QED) is 0.551. The number of ether oxygens (including phenoxy) is 2. The smallest absolute Gasteiger partial charge is 0.302 e. The first-order valence-electron chi connectivity index (χ1n) is 4.07. The fourth-order valence-corrected chi connectivity index (χ4v) is 1.70. The van der Waals surface area contributed by atoms with Gasteiger partial charge in [-0.15, -0.1) is 0 Å². The van der Waals surface area contributed by atoms with Gasteiger partial charge >= 0.3 is 5.97 Å². The highest BCUT2D eigenvalue weighted by molar-refractivity contribution is 9.09. The highest BCUT2D eigenvalue weighted by Gasteiger charge is 2.24. The fraction of sp³-hybridized carbons (Fsp3) is 0.875. The van der Waals surface area contributed by atoms with Gasteiger partial charge in [-0.2, -0.15) is 0 Å². The van der Waals surface area contributed by atoms with Crippen LogP contribution in [0.5, 0.6) is 0 Å². The van der Waals surface area contributed by atoms with Crippen LogP contribution in [0.1, 0.15) is 19.8 Å². The second-order valence-corrected chi connectivity index (χ2v) is 3.56. The topological polar surface area (TPSA) is 35.5 Å². The second kappa shape index (κ2) is 4.82. The fourth-order valence-electron chi connectivity index (χ4n) is 1.23. The molecule has 4 heteroatoms. The number of esters is 1. The van der Waals surface area contributed by atoms with Crippen molar-refractivity contribution in [1.29, 1.82) is 0 Å². The van der Waals surface area contributed by atoms with E-state index in [1.807, 2.05) is 0 Å². The highest BCUT2D eigenvalue weighted by Crippen LogP contribution is 2.21. The number of hydrogen-bond donors (Lipinski definition) is 0. The first-order valence-corrected chi connectivity index (χ1v) is 5.19. The molecule has 1 aliphatic heterocycles. The minimum atomic E-state index is -0.235. The van der Waals surface area contributed by atoms with E-state index in [9.17, 15) is 4.79 Å². The minimum Gasteiger partial charge on any atom is -0.463 e. The molecule has 2 atom stereocenters. The molecule has 0 amide bonds. The van der Waals surface area contributed by atoms with Gasteiger partial charge in [0.1, 0.15) is 6.61 Å². The zero-order valence-corrected chi connectivity index (χ0v) is 8.67. The van der Waals surface area contributed by atoms with E-state index in [0.717, 1.165) is 18.2 Å². The van der Waals surface area contributed by atoms with Crippen LogP contribution in [0.2, 0.25) is 0 Å². The van der Waals surface area contributed by atoms with Crippen molar-refractivity contribution in [2.75, 3.05) is 11.9 Å². The van der Waals surface area contributed by atoms with Crippen molar-refractivity contribution < 1.29 is 14.3 Å². The van der Waals surface area contributed by atoms with Gasteiger partial charge in [0.2, 0.25) is 0 Å². The molecule has 0 aliphatic carbocycles. The average molecular weight is 237 g/mol. The van der Waals surface area contributed by atoms with Crippen LogP contribution in [0.3, 0.4) is 0 Å². The van der Waals surface area contributed by atoms with E-state index in [1.54, 1.807) is 0 Å². The lowest BCUT2D eigenvalue weighted by atomic mass is 10.2. The molecule has 1 heterocycles. The molecule has 0 saturated carbocycles. The van der Waals surface area contributed by atoms with Crippen molar-refractivity contribution in [3.63, 3.8) is 0 Å². The van der Waals surface area contributed by atoms with Crippen molar-refractivity contribution in [1.82, 2.24) is 0 Å². The lowest BCUT2D eigenvalue weighted by Gasteiger charge is -2.11. The molecule has 1 rings (SSSR count). The Labute approximate surface area is 80.5 Å². The molecule has 0 aromatic carbocycles. The molecule has 70 valence electrons. The maximum atomic E-state index is 10.5. The standard InChI is InChI=1S/C8H13BrO3/c1-6(10)11-5-8-3-2-7(4-9)12-8/h7-8H,2-5H2,1H3. The summed E-state index contributed by atoms with van der Waals surface area (Å²) in [6, 6.07) is 0. The van der Waals surface area contributed by atoms with Crippen molar-refractivity contribution in [2.24, 2.45) is 0 Å². The van der Waals surface area contributed by atoms with E-state index >= 15 is 0 Å². The van der Waals surface area contributed by atoms with Gasteiger partial charge in [-0.05, 0) is 12.8 Å². The predicted molar refractivity (Wildman–Crippen MR) is 48.3 cm³/mol. The van der Waals surface area contributed by atoms with E-state index in [2.05, 4.69) is 15.9 Å². The van der Waals surface area contributed by atoms with Gasteiger partial charge in [0, 0.05) is 12.3 Å². The average Bonchev–Trinajstić information content (AvgIpc) is 2.48. The van der Waals surface area contributed by atoms with Gasteiger partial charge in [0.05, 0.1) is 12.2 Å². The SMILES string of the molecule is CC(=O)OCC1CCC(CBr)O1. The molecule has 1 fully saturated rings. The molecule has 0 aromatic rings. The molecule has 0 radical (unpaired) electrons. The molecular formula is C8H13BrO3. The number of carbonyl (C=O) groups excluding carboxylic acids is 1. The third-order valence-electron chi connectivity index (χ3n) is 1.84. The summed E-state index contributed by atoms with van der Waals surface area (Å²) in [5, 5.41) is 0.865. The third-order valence-corrected chi connectivity index (χ3v) is 2.56. The van der Waals surface area contributed by atoms with Gasteiger partial charge in [0.15, 0.2) is 0 Å². The van der Waals surface area contributed by atoms with Crippen LogP contribution in [-0.4, -0.2) is 30.1 Å². The van der Waals surface area contributed by atoms with Crippen molar-refractivity contribution in [2.45, 2.75) is 32.0 Å². The Balaban J connectivity index is 2.15. The zero-order valence-electron chi connectivity index (χ0n) is 7.09. The predicted octanol–water partition coefficient (Wildman–Crippen LogP) is 1.49. The number of carbonyl (C=O) groups is 1. The number of alkyl halides is 1. The van der Waals surface area contributed by atoms with Gasteiger partial charge in [-0.3, -0.25) is 4.79 Å². The van der Waals surface area contributed by atoms with E-state index < -0.39 is 0 Å².